The first kappa shape index (κ1) is 12.7. The van der Waals surface area contributed by atoms with Gasteiger partial charge in [0.15, 0.2) is 0 Å². The highest BCUT2D eigenvalue weighted by molar-refractivity contribution is 6.44. The number of hydrogen-bond acceptors (Lipinski definition) is 2. The lowest BCUT2D eigenvalue weighted by Gasteiger charge is -2.08. The number of anilines is 1. The molecule has 0 saturated carbocycles. The Morgan fingerprint density at radius 2 is 1.83 bits per heavy atom. The van der Waals surface area contributed by atoms with E-state index in [0.29, 0.717) is 16.3 Å². The number of rotatable bonds is 2. The minimum Gasteiger partial charge on any atom is -0.508 e. The molecule has 2 aromatic carbocycles. The molecule has 0 aromatic heterocycles. The Bertz CT molecular complexity index is 599. The Morgan fingerprint density at radius 3 is 2.56 bits per heavy atom. The van der Waals surface area contributed by atoms with Crippen molar-refractivity contribution in [2.45, 2.75) is 0 Å². The van der Waals surface area contributed by atoms with E-state index in [1.165, 1.54) is 12.1 Å². The summed E-state index contributed by atoms with van der Waals surface area (Å²) in [5, 5.41) is 12.6. The van der Waals surface area contributed by atoms with Crippen molar-refractivity contribution in [1.82, 2.24) is 0 Å². The maximum Gasteiger partial charge on any atom is 0.255 e. The van der Waals surface area contributed by atoms with Gasteiger partial charge in [0.1, 0.15) is 5.75 Å². The van der Waals surface area contributed by atoms with Gasteiger partial charge in [0, 0.05) is 5.56 Å². The molecule has 92 valence electrons. The largest absolute Gasteiger partial charge is 0.508 e. The Hall–Kier alpha value is -1.71. The van der Waals surface area contributed by atoms with Gasteiger partial charge < -0.3 is 10.4 Å². The van der Waals surface area contributed by atoms with E-state index in [1.807, 2.05) is 0 Å². The van der Waals surface area contributed by atoms with Crippen LogP contribution in [0.25, 0.3) is 0 Å². The summed E-state index contributed by atoms with van der Waals surface area (Å²) in [6.07, 6.45) is 0. The van der Waals surface area contributed by atoms with E-state index in [-0.39, 0.29) is 16.7 Å². The van der Waals surface area contributed by atoms with Crippen molar-refractivity contribution in [2.24, 2.45) is 0 Å². The number of amides is 1. The second-order valence-electron chi connectivity index (χ2n) is 3.61. The van der Waals surface area contributed by atoms with Crippen LogP contribution in [0.4, 0.5) is 5.69 Å². The number of phenols is 1. The van der Waals surface area contributed by atoms with Gasteiger partial charge in [-0.15, -0.1) is 0 Å². The monoisotopic (exact) mass is 281 g/mol. The second kappa shape index (κ2) is 5.29. The quantitative estimate of drug-likeness (QED) is 0.876. The minimum absolute atomic E-state index is 0.0276. The fourth-order valence-corrected chi connectivity index (χ4v) is 1.79. The van der Waals surface area contributed by atoms with Crippen LogP contribution in [0, 0.1) is 0 Å². The molecule has 0 aliphatic heterocycles. The van der Waals surface area contributed by atoms with E-state index < -0.39 is 0 Å². The van der Waals surface area contributed by atoms with Crippen LogP contribution in [-0.2, 0) is 0 Å². The molecule has 0 fully saturated rings. The zero-order chi connectivity index (χ0) is 13.1. The first-order chi connectivity index (χ1) is 8.58. The Kier molecular flexibility index (Phi) is 3.75. The number of hydrogen-bond donors (Lipinski definition) is 2. The molecule has 1 amide bonds. The van der Waals surface area contributed by atoms with Gasteiger partial charge in [-0.2, -0.15) is 0 Å². The summed E-state index contributed by atoms with van der Waals surface area (Å²) < 4.78 is 0. The van der Waals surface area contributed by atoms with E-state index in [2.05, 4.69) is 5.32 Å². The van der Waals surface area contributed by atoms with Crippen molar-refractivity contribution in [3.8, 4) is 5.75 Å². The second-order valence-corrected chi connectivity index (χ2v) is 4.39. The average molecular weight is 282 g/mol. The van der Waals surface area contributed by atoms with Crippen LogP contribution in [0.5, 0.6) is 5.75 Å². The van der Waals surface area contributed by atoms with Crippen LogP contribution >= 0.6 is 23.2 Å². The number of phenolic OH excluding ortho intramolecular Hbond substituents is 1. The SMILES string of the molecule is O=C(Nc1cccc(Cl)c1Cl)c1cccc(O)c1. The number of carbonyl (C=O) groups is 1. The van der Waals surface area contributed by atoms with Gasteiger partial charge in [-0.1, -0.05) is 35.3 Å². The summed E-state index contributed by atoms with van der Waals surface area (Å²) in [5.74, 6) is -0.338. The van der Waals surface area contributed by atoms with Gasteiger partial charge in [0.25, 0.3) is 5.91 Å². The lowest BCUT2D eigenvalue weighted by Crippen LogP contribution is -2.12. The van der Waals surface area contributed by atoms with Crippen LogP contribution in [0.1, 0.15) is 10.4 Å². The Labute approximate surface area is 114 Å². The number of halogens is 2. The molecule has 0 aliphatic rings. The minimum atomic E-state index is -0.366. The standard InChI is InChI=1S/C13H9Cl2NO2/c14-10-5-2-6-11(12(10)15)16-13(18)8-3-1-4-9(17)7-8/h1-7,17H,(H,16,18). The third-order valence-electron chi connectivity index (χ3n) is 2.31. The van der Waals surface area contributed by atoms with E-state index in [4.69, 9.17) is 23.2 Å². The molecule has 0 radical (unpaired) electrons. The highest BCUT2D eigenvalue weighted by Gasteiger charge is 2.10. The van der Waals surface area contributed by atoms with Crippen molar-refractivity contribution in [1.29, 1.82) is 0 Å². The van der Waals surface area contributed by atoms with E-state index in [9.17, 15) is 9.90 Å². The van der Waals surface area contributed by atoms with E-state index in [0.717, 1.165) is 0 Å². The molecule has 3 nitrogen and oxygen atoms in total. The van der Waals surface area contributed by atoms with Crippen molar-refractivity contribution in [3.63, 3.8) is 0 Å². The maximum absolute atomic E-state index is 11.9. The lowest BCUT2D eigenvalue weighted by molar-refractivity contribution is 0.102. The normalized spacial score (nSPS) is 10.1. The van der Waals surface area contributed by atoms with Crippen LogP contribution in [0.2, 0.25) is 10.0 Å². The highest BCUT2D eigenvalue weighted by atomic mass is 35.5. The fraction of sp³-hybridized carbons (Fsp3) is 0. The summed E-state index contributed by atoms with van der Waals surface area (Å²) in [5.41, 5.74) is 0.767. The van der Waals surface area contributed by atoms with Crippen LogP contribution < -0.4 is 5.32 Å². The molecule has 2 rings (SSSR count). The van der Waals surface area contributed by atoms with Gasteiger partial charge in [-0.25, -0.2) is 0 Å². The summed E-state index contributed by atoms with van der Waals surface area (Å²) in [6.45, 7) is 0. The molecule has 18 heavy (non-hydrogen) atoms. The van der Waals surface area contributed by atoms with Gasteiger partial charge in [0.2, 0.25) is 0 Å². The summed E-state index contributed by atoms with van der Waals surface area (Å²) in [7, 11) is 0. The molecule has 2 aromatic rings. The first-order valence-electron chi connectivity index (χ1n) is 5.12. The van der Waals surface area contributed by atoms with Crippen molar-refractivity contribution < 1.29 is 9.90 Å². The molecule has 2 N–H and O–H groups in total. The van der Waals surface area contributed by atoms with Gasteiger partial charge in [0.05, 0.1) is 15.7 Å². The molecule has 0 spiro atoms. The lowest BCUT2D eigenvalue weighted by atomic mass is 10.2. The summed E-state index contributed by atoms with van der Waals surface area (Å²) >= 11 is 11.8. The zero-order valence-corrected chi connectivity index (χ0v) is 10.7. The third-order valence-corrected chi connectivity index (χ3v) is 3.13. The molecule has 5 heteroatoms. The topological polar surface area (TPSA) is 49.3 Å². The molecular formula is C13H9Cl2NO2. The van der Waals surface area contributed by atoms with E-state index >= 15 is 0 Å². The summed E-state index contributed by atoms with van der Waals surface area (Å²) in [4.78, 5) is 11.9. The number of aromatic hydroxyl groups is 1. The fourth-order valence-electron chi connectivity index (χ4n) is 1.44. The molecule has 0 heterocycles. The van der Waals surface area contributed by atoms with Crippen LogP contribution in [0.3, 0.4) is 0 Å². The Morgan fingerprint density at radius 1 is 1.11 bits per heavy atom. The van der Waals surface area contributed by atoms with Crippen LogP contribution in [-0.4, -0.2) is 11.0 Å². The number of benzene rings is 2. The van der Waals surface area contributed by atoms with Crippen molar-refractivity contribution in [3.05, 3.63) is 58.1 Å². The maximum atomic E-state index is 11.9. The Balaban J connectivity index is 2.24. The third kappa shape index (κ3) is 2.75. The zero-order valence-electron chi connectivity index (χ0n) is 9.15. The predicted molar refractivity (Wildman–Crippen MR) is 72.5 cm³/mol. The average Bonchev–Trinajstić information content (AvgIpc) is 2.35. The smallest absolute Gasteiger partial charge is 0.255 e. The molecule has 0 saturated heterocycles. The van der Waals surface area contributed by atoms with Gasteiger partial charge >= 0.3 is 0 Å². The van der Waals surface area contributed by atoms with Gasteiger partial charge in [-0.05, 0) is 30.3 Å². The first-order valence-corrected chi connectivity index (χ1v) is 5.88. The van der Waals surface area contributed by atoms with Crippen LogP contribution in [0.15, 0.2) is 42.5 Å². The van der Waals surface area contributed by atoms with Crippen molar-refractivity contribution in [2.75, 3.05) is 5.32 Å². The molecule has 0 aliphatic carbocycles. The molecule has 0 atom stereocenters. The highest BCUT2D eigenvalue weighted by Crippen LogP contribution is 2.29. The molecule has 0 bridgehead atoms. The predicted octanol–water partition coefficient (Wildman–Crippen LogP) is 3.95. The van der Waals surface area contributed by atoms with Gasteiger partial charge in [-0.3, -0.25) is 4.79 Å². The van der Waals surface area contributed by atoms with E-state index in [1.54, 1.807) is 30.3 Å². The number of carbonyl (C=O) groups excluding carboxylic acids is 1. The molecular weight excluding hydrogens is 273 g/mol. The number of nitrogens with one attached hydrogen (secondary N) is 1. The molecule has 0 unspecified atom stereocenters. The van der Waals surface area contributed by atoms with Crippen molar-refractivity contribution >= 4 is 34.8 Å². The summed E-state index contributed by atoms with van der Waals surface area (Å²) in [6, 6.07) is 11.0.